The smallest absolute Gasteiger partial charge is 0.213 e. The van der Waals surface area contributed by atoms with Gasteiger partial charge in [-0.15, -0.1) is 0 Å². The Morgan fingerprint density at radius 3 is 1.35 bits per heavy atom. The molecule has 4 aromatic carbocycles. The molecule has 0 spiro atoms. The fourth-order valence-corrected chi connectivity index (χ4v) is 5.36. The van der Waals surface area contributed by atoms with Crippen molar-refractivity contribution in [3.63, 3.8) is 0 Å². The maximum absolute atomic E-state index is 4.70. The molecule has 43 heavy (non-hydrogen) atoms. The first-order valence-electron chi connectivity index (χ1n) is 14.7. The highest BCUT2D eigenvalue weighted by Gasteiger charge is 2.15. The first-order valence-corrected chi connectivity index (χ1v) is 14.7. The molecular formula is C37H36N6+2. The molecule has 2 heterocycles. The number of fused-ring (bicyclic) bond motifs is 2. The van der Waals surface area contributed by atoms with Crippen LogP contribution in [0.25, 0.3) is 21.8 Å². The predicted molar refractivity (Wildman–Crippen MR) is 178 cm³/mol. The lowest BCUT2D eigenvalue weighted by Gasteiger charge is -2.12. The number of hydrogen-bond acceptors (Lipinski definition) is 4. The highest BCUT2D eigenvalue weighted by atomic mass is 15.4. The van der Waals surface area contributed by atoms with Crippen molar-refractivity contribution in [3.05, 3.63) is 145 Å². The number of rotatable bonds is 10. The van der Waals surface area contributed by atoms with Crippen molar-refractivity contribution in [2.24, 2.45) is 10.2 Å². The summed E-state index contributed by atoms with van der Waals surface area (Å²) in [5.41, 5.74) is 6.73. The lowest BCUT2D eigenvalue weighted by molar-refractivity contribution is -0.702. The van der Waals surface area contributed by atoms with Crippen molar-refractivity contribution in [3.8, 4) is 0 Å². The summed E-state index contributed by atoms with van der Waals surface area (Å²) < 4.78 is 4.69. The van der Waals surface area contributed by atoms with Crippen molar-refractivity contribution in [1.29, 1.82) is 0 Å². The van der Waals surface area contributed by atoms with E-state index in [4.69, 9.17) is 10.2 Å². The van der Waals surface area contributed by atoms with Crippen LogP contribution in [0.4, 0.5) is 11.4 Å². The van der Waals surface area contributed by atoms with E-state index >= 15 is 0 Å². The zero-order valence-electron chi connectivity index (χ0n) is 24.7. The van der Waals surface area contributed by atoms with Gasteiger partial charge in [0.2, 0.25) is 11.0 Å². The molecule has 0 aliphatic rings. The lowest BCUT2D eigenvalue weighted by Crippen LogP contribution is -2.40. The summed E-state index contributed by atoms with van der Waals surface area (Å²) in [6.45, 7) is 1.82. The average Bonchev–Trinajstić information content (AvgIpc) is 3.07. The Balaban J connectivity index is 1.18. The van der Waals surface area contributed by atoms with E-state index in [0.29, 0.717) is 0 Å². The number of hydrogen-bond donors (Lipinski definition) is 0. The summed E-state index contributed by atoms with van der Waals surface area (Å²) in [6, 6.07) is 41.8. The standard InChI is InChI=1S/C37H36N6/c1-40(32-14-5-3-6-15-32)38-28-30-22-26-42(36-20-11-9-18-34(30)36)24-13-25-43-27-23-31(35-19-10-12-21-37(35)43)29-39-41(2)33-16-7-4-8-17-33/h3-12,14-23,26-29H,13,24-25H2,1-2H3/q+2. The van der Waals surface area contributed by atoms with Crippen molar-refractivity contribution < 1.29 is 9.13 Å². The van der Waals surface area contributed by atoms with Gasteiger partial charge >= 0.3 is 0 Å². The molecule has 0 saturated heterocycles. The second-order valence-electron chi connectivity index (χ2n) is 10.5. The molecule has 6 heteroatoms. The van der Waals surface area contributed by atoms with Gasteiger partial charge in [0.05, 0.1) is 41.0 Å². The topological polar surface area (TPSA) is 39.0 Å². The molecule has 0 saturated carbocycles. The number of anilines is 2. The molecule has 0 N–H and O–H groups in total. The lowest BCUT2D eigenvalue weighted by atomic mass is 10.1. The minimum absolute atomic E-state index is 0.911. The third kappa shape index (κ3) is 6.44. The van der Waals surface area contributed by atoms with Crippen molar-refractivity contribution in [1.82, 2.24) is 0 Å². The second-order valence-corrected chi connectivity index (χ2v) is 10.5. The molecule has 0 radical (unpaired) electrons. The maximum Gasteiger partial charge on any atom is 0.213 e. The van der Waals surface area contributed by atoms with Crippen LogP contribution in [-0.2, 0) is 13.1 Å². The fraction of sp³-hybridized carbons (Fsp3) is 0.135. The van der Waals surface area contributed by atoms with Crippen LogP contribution >= 0.6 is 0 Å². The van der Waals surface area contributed by atoms with Crippen molar-refractivity contribution >= 4 is 45.6 Å². The normalized spacial score (nSPS) is 11.6. The minimum Gasteiger partial charge on any atom is -0.269 e. The predicted octanol–water partition coefficient (Wildman–Crippen LogP) is 6.60. The first-order chi connectivity index (χ1) is 21.2. The van der Waals surface area contributed by atoms with Crippen LogP contribution in [0, 0.1) is 0 Å². The van der Waals surface area contributed by atoms with E-state index in [2.05, 4.69) is 106 Å². The molecule has 0 aliphatic heterocycles. The largest absolute Gasteiger partial charge is 0.269 e. The molecule has 0 bridgehead atoms. The van der Waals surface area contributed by atoms with Crippen LogP contribution in [0.3, 0.4) is 0 Å². The highest BCUT2D eigenvalue weighted by Crippen LogP contribution is 2.17. The summed E-state index contributed by atoms with van der Waals surface area (Å²) in [7, 11) is 3.95. The highest BCUT2D eigenvalue weighted by molar-refractivity contribution is 5.97. The number of benzene rings is 4. The maximum atomic E-state index is 4.70. The Labute approximate surface area is 253 Å². The van der Waals surface area contributed by atoms with Gasteiger partial charge in [0.25, 0.3) is 0 Å². The summed E-state index contributed by atoms with van der Waals surface area (Å²) >= 11 is 0. The van der Waals surface area contributed by atoms with E-state index in [1.807, 2.05) is 72.9 Å². The van der Waals surface area contributed by atoms with Crippen LogP contribution in [0.1, 0.15) is 17.5 Å². The zero-order chi connectivity index (χ0) is 29.4. The van der Waals surface area contributed by atoms with Gasteiger partial charge in [-0.05, 0) is 36.4 Å². The second kappa shape index (κ2) is 13.1. The molecule has 0 amide bonds. The monoisotopic (exact) mass is 564 g/mol. The Morgan fingerprint density at radius 2 is 0.907 bits per heavy atom. The molecule has 6 rings (SSSR count). The third-order valence-corrected chi connectivity index (χ3v) is 7.71. The van der Waals surface area contributed by atoms with Gasteiger partial charge in [0.15, 0.2) is 25.5 Å². The van der Waals surface area contributed by atoms with E-state index in [0.717, 1.165) is 42.0 Å². The van der Waals surface area contributed by atoms with Crippen LogP contribution in [0.2, 0.25) is 0 Å². The van der Waals surface area contributed by atoms with Gasteiger partial charge in [-0.1, -0.05) is 60.7 Å². The van der Waals surface area contributed by atoms with Crippen LogP contribution in [0.15, 0.2) is 144 Å². The van der Waals surface area contributed by atoms with Gasteiger partial charge in [0.1, 0.15) is 0 Å². The molecule has 0 aliphatic carbocycles. The van der Waals surface area contributed by atoms with Gasteiger partial charge in [-0.3, -0.25) is 10.0 Å². The average molecular weight is 565 g/mol. The number of nitrogens with zero attached hydrogens (tertiary/aromatic N) is 6. The first kappa shape index (κ1) is 27.8. The van der Waals surface area contributed by atoms with E-state index in [1.165, 1.54) is 21.8 Å². The molecule has 212 valence electrons. The van der Waals surface area contributed by atoms with E-state index in [1.54, 1.807) is 0 Å². The number of hydrazone groups is 2. The summed E-state index contributed by atoms with van der Waals surface area (Å²) in [4.78, 5) is 0. The molecule has 0 atom stereocenters. The number of pyridine rings is 2. The quantitative estimate of drug-likeness (QED) is 0.107. The summed E-state index contributed by atoms with van der Waals surface area (Å²) in [5.74, 6) is 0. The minimum atomic E-state index is 0.911. The molecule has 6 nitrogen and oxygen atoms in total. The van der Waals surface area contributed by atoms with Gasteiger partial charge in [-0.2, -0.15) is 19.3 Å². The molecule has 6 aromatic rings. The molecular weight excluding hydrogens is 528 g/mol. The Hall–Kier alpha value is -5.36. The number of aryl methyl sites for hydroxylation is 2. The fourth-order valence-electron chi connectivity index (χ4n) is 5.36. The Morgan fingerprint density at radius 1 is 0.512 bits per heavy atom. The van der Waals surface area contributed by atoms with Gasteiger partial charge < -0.3 is 0 Å². The number of aromatic nitrogens is 2. The van der Waals surface area contributed by atoms with Gasteiger partial charge in [-0.25, -0.2) is 0 Å². The van der Waals surface area contributed by atoms with Crippen LogP contribution < -0.4 is 19.2 Å². The van der Waals surface area contributed by atoms with E-state index in [9.17, 15) is 0 Å². The van der Waals surface area contributed by atoms with E-state index < -0.39 is 0 Å². The van der Waals surface area contributed by atoms with Crippen molar-refractivity contribution in [2.75, 3.05) is 24.1 Å². The zero-order valence-corrected chi connectivity index (χ0v) is 24.7. The van der Waals surface area contributed by atoms with Gasteiger partial charge in [0, 0.05) is 49.5 Å². The third-order valence-electron chi connectivity index (χ3n) is 7.71. The molecule has 2 aromatic heterocycles. The summed E-state index contributed by atoms with van der Waals surface area (Å²) in [6.07, 6.45) is 9.25. The Bertz CT molecular complexity index is 1740. The van der Waals surface area contributed by atoms with Crippen LogP contribution in [0.5, 0.6) is 0 Å². The Kier molecular flexibility index (Phi) is 8.46. The SMILES string of the molecule is CN(N=Cc1cc[n+](CCC[n+]2ccc(C=NN(C)c3ccccc3)c3ccccc32)c2ccccc12)c1ccccc1. The van der Waals surface area contributed by atoms with Crippen LogP contribution in [-0.4, -0.2) is 26.5 Å². The number of para-hydroxylation sites is 4. The molecule has 0 fully saturated rings. The van der Waals surface area contributed by atoms with Crippen molar-refractivity contribution in [2.45, 2.75) is 19.5 Å². The molecule has 0 unspecified atom stereocenters. The summed E-state index contributed by atoms with van der Waals surface area (Å²) in [5, 5.41) is 15.6. The van der Waals surface area contributed by atoms with E-state index in [-0.39, 0.29) is 0 Å².